The van der Waals surface area contributed by atoms with Crippen LogP contribution in [0.5, 0.6) is 0 Å². The second-order valence-corrected chi connectivity index (χ2v) is 3.55. The molecule has 0 fully saturated rings. The summed E-state index contributed by atoms with van der Waals surface area (Å²) in [6.07, 6.45) is 1.53. The van der Waals surface area contributed by atoms with Crippen LogP contribution in [0.15, 0.2) is 10.6 Å². The molecule has 0 saturated carbocycles. The molecule has 1 radical (unpaired) electrons. The molecule has 1 aromatic heterocycles. The number of hydrogen-bond donors (Lipinski definition) is 1. The van der Waals surface area contributed by atoms with Crippen molar-refractivity contribution in [1.29, 1.82) is 0 Å². The van der Waals surface area contributed by atoms with Gasteiger partial charge in [0.2, 0.25) is 0 Å². The molecule has 0 aliphatic rings. The van der Waals surface area contributed by atoms with Crippen LogP contribution >= 0.6 is 0 Å². The average molecular weight is 167 g/mol. The second kappa shape index (κ2) is 2.97. The van der Waals surface area contributed by atoms with Crippen molar-refractivity contribution >= 4 is 12.2 Å². The van der Waals surface area contributed by atoms with Crippen molar-refractivity contribution in [3.63, 3.8) is 0 Å². The maximum Gasteiger partial charge on any atom is 0.315 e. The van der Waals surface area contributed by atoms with Crippen LogP contribution in [-0.2, 0) is 10.2 Å². The number of hydrogen-bond acceptors (Lipinski definition) is 3. The minimum atomic E-state index is -0.0875. The van der Waals surface area contributed by atoms with Crippen LogP contribution in [0.25, 0.3) is 0 Å². The zero-order valence-corrected chi connectivity index (χ0v) is 7.34. The molecular formula is C8H11N2O2. The third kappa shape index (κ3) is 1.84. The van der Waals surface area contributed by atoms with Crippen LogP contribution in [0, 0.1) is 0 Å². The molecule has 4 nitrogen and oxygen atoms in total. The summed E-state index contributed by atoms with van der Waals surface area (Å²) in [5.41, 5.74) is -0.0875. The van der Waals surface area contributed by atoms with E-state index in [1.165, 1.54) is 6.41 Å². The molecule has 0 unspecified atom stereocenters. The number of nitrogens with zero attached hydrogens (tertiary/aromatic N) is 1. The highest BCUT2D eigenvalue weighted by Crippen LogP contribution is 2.23. The molecule has 12 heavy (non-hydrogen) atoms. The highest BCUT2D eigenvalue weighted by Gasteiger charge is 2.19. The summed E-state index contributed by atoms with van der Waals surface area (Å²) in [5.74, 6) is 1.13. The van der Waals surface area contributed by atoms with Crippen molar-refractivity contribution in [2.24, 2.45) is 0 Å². The highest BCUT2D eigenvalue weighted by molar-refractivity contribution is 5.69. The van der Waals surface area contributed by atoms with Gasteiger partial charge >= 0.3 is 6.41 Å². The molecule has 4 heteroatoms. The maximum atomic E-state index is 9.92. The molecule has 1 amide bonds. The minimum absolute atomic E-state index is 0.0875. The quantitative estimate of drug-likeness (QED) is 0.678. The third-order valence-electron chi connectivity index (χ3n) is 1.43. The standard InChI is InChI=1S/C8H11N2O2/c1-8(2,3)6-4-7(9-5-11)10-12-6/h4H,1-3H3,(H,9,10,11). The molecule has 65 valence electrons. The first kappa shape index (κ1) is 8.77. The zero-order valence-electron chi connectivity index (χ0n) is 7.34. The number of aromatic nitrogens is 1. The number of nitrogens with one attached hydrogen (secondary N) is 1. The molecule has 0 aliphatic carbocycles. The van der Waals surface area contributed by atoms with Gasteiger partial charge in [0, 0.05) is 11.5 Å². The molecule has 0 atom stereocenters. The van der Waals surface area contributed by atoms with Crippen LogP contribution in [0.3, 0.4) is 0 Å². The maximum absolute atomic E-state index is 9.92. The van der Waals surface area contributed by atoms with Gasteiger partial charge in [-0.05, 0) is 0 Å². The Morgan fingerprint density at radius 3 is 2.67 bits per heavy atom. The lowest BCUT2D eigenvalue weighted by atomic mass is 9.93. The molecule has 0 aromatic carbocycles. The van der Waals surface area contributed by atoms with Gasteiger partial charge < -0.3 is 4.52 Å². The first-order chi connectivity index (χ1) is 5.54. The predicted molar refractivity (Wildman–Crippen MR) is 44.5 cm³/mol. The summed E-state index contributed by atoms with van der Waals surface area (Å²) in [5, 5.41) is 5.91. The van der Waals surface area contributed by atoms with Gasteiger partial charge in [-0.2, -0.15) is 0 Å². The summed E-state index contributed by atoms with van der Waals surface area (Å²) in [4.78, 5) is 9.92. The van der Waals surface area contributed by atoms with E-state index in [1.54, 1.807) is 6.07 Å². The summed E-state index contributed by atoms with van der Waals surface area (Å²) < 4.78 is 4.99. The topological polar surface area (TPSA) is 55.1 Å². The van der Waals surface area contributed by atoms with Gasteiger partial charge in [-0.3, -0.25) is 10.1 Å². The minimum Gasteiger partial charge on any atom is -0.359 e. The van der Waals surface area contributed by atoms with Crippen molar-refractivity contribution in [3.8, 4) is 0 Å². The molecule has 0 spiro atoms. The normalized spacial score (nSPS) is 11.2. The molecule has 1 heterocycles. The van der Waals surface area contributed by atoms with Gasteiger partial charge in [0.15, 0.2) is 5.82 Å². The smallest absolute Gasteiger partial charge is 0.315 e. The lowest BCUT2D eigenvalue weighted by molar-refractivity contribution is 0.331. The molecule has 0 saturated heterocycles. The summed E-state index contributed by atoms with van der Waals surface area (Å²) in [6, 6.07) is 1.69. The molecule has 1 rings (SSSR count). The Bertz CT molecular complexity index is 273. The van der Waals surface area contributed by atoms with Gasteiger partial charge in [-0.25, -0.2) is 0 Å². The van der Waals surface area contributed by atoms with Crippen LogP contribution < -0.4 is 5.32 Å². The molecule has 1 aromatic rings. The van der Waals surface area contributed by atoms with E-state index in [2.05, 4.69) is 10.5 Å². The fraction of sp³-hybridized carbons (Fsp3) is 0.500. The Balaban J connectivity index is 2.84. The van der Waals surface area contributed by atoms with E-state index in [1.807, 2.05) is 20.8 Å². The van der Waals surface area contributed by atoms with Crippen LogP contribution in [0.1, 0.15) is 26.5 Å². The summed E-state index contributed by atoms with van der Waals surface area (Å²) in [7, 11) is 0. The van der Waals surface area contributed by atoms with Gasteiger partial charge in [0.05, 0.1) is 0 Å². The predicted octanol–water partition coefficient (Wildman–Crippen LogP) is 1.45. The highest BCUT2D eigenvalue weighted by atomic mass is 16.5. The lowest BCUT2D eigenvalue weighted by Crippen LogP contribution is -2.09. The van der Waals surface area contributed by atoms with Crippen molar-refractivity contribution in [3.05, 3.63) is 11.8 Å². The number of amides is 1. The molecule has 0 aliphatic heterocycles. The molecular weight excluding hydrogens is 156 g/mol. The molecule has 0 bridgehead atoms. The van der Waals surface area contributed by atoms with E-state index in [0.717, 1.165) is 5.76 Å². The third-order valence-corrected chi connectivity index (χ3v) is 1.43. The van der Waals surface area contributed by atoms with E-state index >= 15 is 0 Å². The Kier molecular flexibility index (Phi) is 2.17. The monoisotopic (exact) mass is 167 g/mol. The zero-order chi connectivity index (χ0) is 9.19. The Labute approximate surface area is 70.9 Å². The van der Waals surface area contributed by atoms with E-state index in [0.29, 0.717) is 5.82 Å². The van der Waals surface area contributed by atoms with Crippen LogP contribution in [0.4, 0.5) is 5.82 Å². The van der Waals surface area contributed by atoms with Gasteiger partial charge in [0.25, 0.3) is 0 Å². The Morgan fingerprint density at radius 1 is 1.58 bits per heavy atom. The van der Waals surface area contributed by atoms with Crippen molar-refractivity contribution < 1.29 is 9.32 Å². The number of rotatable bonds is 2. The van der Waals surface area contributed by atoms with Gasteiger partial charge in [-0.1, -0.05) is 25.9 Å². The molecule has 1 N–H and O–H groups in total. The first-order valence-electron chi connectivity index (χ1n) is 3.64. The van der Waals surface area contributed by atoms with Crippen molar-refractivity contribution in [2.75, 3.05) is 5.32 Å². The van der Waals surface area contributed by atoms with E-state index in [4.69, 9.17) is 4.52 Å². The fourth-order valence-corrected chi connectivity index (χ4v) is 0.740. The van der Waals surface area contributed by atoms with Crippen molar-refractivity contribution in [1.82, 2.24) is 5.16 Å². The summed E-state index contributed by atoms with van der Waals surface area (Å²) in [6.45, 7) is 6.01. The first-order valence-corrected chi connectivity index (χ1v) is 3.64. The fourth-order valence-electron chi connectivity index (χ4n) is 0.740. The van der Waals surface area contributed by atoms with Crippen LogP contribution in [0.2, 0.25) is 0 Å². The van der Waals surface area contributed by atoms with Crippen molar-refractivity contribution in [2.45, 2.75) is 26.2 Å². The number of carbonyl (C=O) groups excluding carboxylic acids is 1. The van der Waals surface area contributed by atoms with E-state index < -0.39 is 0 Å². The van der Waals surface area contributed by atoms with Crippen LogP contribution in [-0.4, -0.2) is 11.6 Å². The van der Waals surface area contributed by atoms with Gasteiger partial charge in [-0.15, -0.1) is 0 Å². The second-order valence-electron chi connectivity index (χ2n) is 3.55. The summed E-state index contributed by atoms with van der Waals surface area (Å²) >= 11 is 0. The largest absolute Gasteiger partial charge is 0.359 e. The Morgan fingerprint density at radius 2 is 2.25 bits per heavy atom. The average Bonchev–Trinajstić information content (AvgIpc) is 2.35. The van der Waals surface area contributed by atoms with E-state index in [-0.39, 0.29) is 5.41 Å². The SMILES string of the molecule is CC(C)(C)c1cc(N[C]=O)no1. The van der Waals surface area contributed by atoms with Gasteiger partial charge in [0.1, 0.15) is 5.76 Å². The van der Waals surface area contributed by atoms with E-state index in [9.17, 15) is 4.79 Å². The lowest BCUT2D eigenvalue weighted by Gasteiger charge is -2.11. The Hall–Kier alpha value is -1.32. The number of anilines is 1.